The molecule has 1 unspecified atom stereocenters. The molecular formula is C17H28FNO. The summed E-state index contributed by atoms with van der Waals surface area (Å²) in [5, 5.41) is 3.38. The first-order chi connectivity index (χ1) is 9.61. The van der Waals surface area contributed by atoms with E-state index in [1.165, 1.54) is 6.07 Å². The van der Waals surface area contributed by atoms with Gasteiger partial charge in [-0.15, -0.1) is 0 Å². The molecule has 0 aliphatic carbocycles. The zero-order valence-corrected chi connectivity index (χ0v) is 13.0. The van der Waals surface area contributed by atoms with E-state index in [4.69, 9.17) is 4.74 Å². The zero-order valence-electron chi connectivity index (χ0n) is 13.0. The predicted octanol–water partition coefficient (Wildman–Crippen LogP) is 3.66. The van der Waals surface area contributed by atoms with Crippen molar-refractivity contribution in [2.75, 3.05) is 26.3 Å². The quantitative estimate of drug-likeness (QED) is 0.661. The van der Waals surface area contributed by atoms with Crippen molar-refractivity contribution in [3.8, 4) is 0 Å². The van der Waals surface area contributed by atoms with Crippen molar-refractivity contribution in [2.45, 2.75) is 33.6 Å². The Morgan fingerprint density at radius 2 is 2.10 bits per heavy atom. The van der Waals surface area contributed by atoms with Gasteiger partial charge in [0.15, 0.2) is 0 Å². The number of hydrogen-bond donors (Lipinski definition) is 1. The Hall–Kier alpha value is -0.930. The molecule has 1 atom stereocenters. The van der Waals surface area contributed by atoms with Gasteiger partial charge in [0.05, 0.1) is 0 Å². The highest BCUT2D eigenvalue weighted by Gasteiger charge is 2.10. The maximum Gasteiger partial charge on any atom is 0.123 e. The van der Waals surface area contributed by atoms with Gasteiger partial charge in [0.2, 0.25) is 0 Å². The highest BCUT2D eigenvalue weighted by Crippen LogP contribution is 2.13. The van der Waals surface area contributed by atoms with Crippen molar-refractivity contribution in [1.82, 2.24) is 5.32 Å². The molecule has 2 nitrogen and oxygen atoms in total. The molecule has 0 aromatic heterocycles. The van der Waals surface area contributed by atoms with Gasteiger partial charge in [0.1, 0.15) is 5.82 Å². The lowest BCUT2D eigenvalue weighted by molar-refractivity contribution is 0.0976. The molecule has 1 N–H and O–H groups in total. The average molecular weight is 281 g/mol. The Labute approximate surface area is 122 Å². The van der Waals surface area contributed by atoms with Crippen LogP contribution in [0.2, 0.25) is 0 Å². The van der Waals surface area contributed by atoms with Crippen molar-refractivity contribution >= 4 is 0 Å². The van der Waals surface area contributed by atoms with Crippen LogP contribution in [-0.2, 0) is 11.2 Å². The highest BCUT2D eigenvalue weighted by atomic mass is 19.1. The summed E-state index contributed by atoms with van der Waals surface area (Å²) in [5.74, 6) is 0.912. The minimum Gasteiger partial charge on any atom is -0.381 e. The molecule has 114 valence electrons. The molecule has 0 radical (unpaired) electrons. The van der Waals surface area contributed by atoms with Gasteiger partial charge in [0.25, 0.3) is 0 Å². The first kappa shape index (κ1) is 17.1. The number of benzene rings is 1. The Bertz CT molecular complexity index is 368. The topological polar surface area (TPSA) is 21.3 Å². The molecule has 1 aromatic rings. The first-order valence-corrected chi connectivity index (χ1v) is 7.64. The molecule has 0 heterocycles. The van der Waals surface area contributed by atoms with Crippen LogP contribution in [0.5, 0.6) is 0 Å². The van der Waals surface area contributed by atoms with Gasteiger partial charge in [-0.1, -0.05) is 32.9 Å². The van der Waals surface area contributed by atoms with Crippen LogP contribution in [0.15, 0.2) is 24.3 Å². The Kier molecular flexibility index (Phi) is 8.47. The van der Waals surface area contributed by atoms with Gasteiger partial charge < -0.3 is 10.1 Å². The summed E-state index contributed by atoms with van der Waals surface area (Å²) < 4.78 is 18.9. The zero-order chi connectivity index (χ0) is 14.8. The van der Waals surface area contributed by atoms with E-state index in [0.29, 0.717) is 11.8 Å². The van der Waals surface area contributed by atoms with E-state index >= 15 is 0 Å². The average Bonchev–Trinajstić information content (AvgIpc) is 2.40. The van der Waals surface area contributed by atoms with Crippen molar-refractivity contribution in [3.63, 3.8) is 0 Å². The van der Waals surface area contributed by atoms with E-state index in [9.17, 15) is 4.39 Å². The van der Waals surface area contributed by atoms with E-state index in [1.54, 1.807) is 12.1 Å². The number of ether oxygens (including phenoxy) is 1. The summed E-state index contributed by atoms with van der Waals surface area (Å²) in [6.07, 6.45) is 1.91. The number of nitrogens with one attached hydrogen (secondary N) is 1. The Morgan fingerprint density at radius 3 is 2.75 bits per heavy atom. The maximum absolute atomic E-state index is 13.2. The molecule has 0 saturated carbocycles. The Morgan fingerprint density at radius 1 is 1.30 bits per heavy atom. The molecule has 0 bridgehead atoms. The van der Waals surface area contributed by atoms with Crippen LogP contribution in [0, 0.1) is 17.7 Å². The first-order valence-electron chi connectivity index (χ1n) is 7.64. The smallest absolute Gasteiger partial charge is 0.123 e. The number of hydrogen-bond acceptors (Lipinski definition) is 2. The second kappa shape index (κ2) is 9.89. The third-order valence-electron chi connectivity index (χ3n) is 3.22. The van der Waals surface area contributed by atoms with Gasteiger partial charge in [-0.05, 0) is 55.5 Å². The second-order valence-electron chi connectivity index (χ2n) is 5.77. The third-order valence-corrected chi connectivity index (χ3v) is 3.22. The van der Waals surface area contributed by atoms with Crippen LogP contribution in [0.1, 0.15) is 32.8 Å². The fraction of sp³-hybridized carbons (Fsp3) is 0.647. The molecule has 0 saturated heterocycles. The molecule has 20 heavy (non-hydrogen) atoms. The van der Waals surface area contributed by atoms with Crippen LogP contribution in [-0.4, -0.2) is 26.3 Å². The summed E-state index contributed by atoms with van der Waals surface area (Å²) in [4.78, 5) is 0. The summed E-state index contributed by atoms with van der Waals surface area (Å²) in [6.45, 7) is 9.93. The van der Waals surface area contributed by atoms with Crippen molar-refractivity contribution in [2.24, 2.45) is 11.8 Å². The van der Waals surface area contributed by atoms with E-state index in [1.807, 2.05) is 6.07 Å². The van der Waals surface area contributed by atoms with Gasteiger partial charge in [0, 0.05) is 13.2 Å². The monoisotopic (exact) mass is 281 g/mol. The SMILES string of the molecule is CCNCC(CCOCC(C)C)Cc1cccc(F)c1. The predicted molar refractivity (Wildman–Crippen MR) is 82.4 cm³/mol. The number of rotatable bonds is 10. The summed E-state index contributed by atoms with van der Waals surface area (Å²) in [5.41, 5.74) is 1.07. The van der Waals surface area contributed by atoms with Crippen LogP contribution in [0.3, 0.4) is 0 Å². The molecule has 0 spiro atoms. The van der Waals surface area contributed by atoms with Crippen LogP contribution < -0.4 is 5.32 Å². The lowest BCUT2D eigenvalue weighted by Gasteiger charge is -2.18. The third kappa shape index (κ3) is 7.61. The van der Waals surface area contributed by atoms with Crippen LogP contribution in [0.4, 0.5) is 4.39 Å². The largest absolute Gasteiger partial charge is 0.381 e. The van der Waals surface area contributed by atoms with Gasteiger partial charge in [-0.25, -0.2) is 4.39 Å². The highest BCUT2D eigenvalue weighted by molar-refractivity contribution is 5.16. The lowest BCUT2D eigenvalue weighted by atomic mass is 9.96. The summed E-state index contributed by atoms with van der Waals surface area (Å²) in [7, 11) is 0. The standard InChI is InChI=1S/C17H28FNO/c1-4-19-12-16(8-9-20-13-14(2)3)10-15-6-5-7-17(18)11-15/h5-7,11,14,16,19H,4,8-10,12-13H2,1-3H3. The molecule has 1 rings (SSSR count). The molecule has 1 aromatic carbocycles. The fourth-order valence-corrected chi connectivity index (χ4v) is 2.19. The number of halogens is 1. The fourth-order valence-electron chi connectivity index (χ4n) is 2.19. The molecule has 0 aliphatic rings. The molecule has 0 aliphatic heterocycles. The van der Waals surface area contributed by atoms with Gasteiger partial charge >= 0.3 is 0 Å². The minimum absolute atomic E-state index is 0.152. The lowest BCUT2D eigenvalue weighted by Crippen LogP contribution is -2.25. The second-order valence-corrected chi connectivity index (χ2v) is 5.77. The van der Waals surface area contributed by atoms with Crippen molar-refractivity contribution in [1.29, 1.82) is 0 Å². The van der Waals surface area contributed by atoms with Crippen molar-refractivity contribution in [3.05, 3.63) is 35.6 Å². The normalized spacial score (nSPS) is 12.8. The van der Waals surface area contributed by atoms with Crippen LogP contribution in [0.25, 0.3) is 0 Å². The maximum atomic E-state index is 13.2. The van der Waals surface area contributed by atoms with Crippen molar-refractivity contribution < 1.29 is 9.13 Å². The molecule has 0 amide bonds. The van der Waals surface area contributed by atoms with E-state index in [-0.39, 0.29) is 5.82 Å². The van der Waals surface area contributed by atoms with Gasteiger partial charge in [-0.3, -0.25) is 0 Å². The minimum atomic E-state index is -0.152. The van der Waals surface area contributed by atoms with Gasteiger partial charge in [-0.2, -0.15) is 0 Å². The summed E-state index contributed by atoms with van der Waals surface area (Å²) in [6, 6.07) is 6.91. The van der Waals surface area contributed by atoms with E-state index in [2.05, 4.69) is 26.1 Å². The summed E-state index contributed by atoms with van der Waals surface area (Å²) >= 11 is 0. The van der Waals surface area contributed by atoms with Crippen LogP contribution >= 0.6 is 0 Å². The Balaban J connectivity index is 2.42. The molecular weight excluding hydrogens is 253 g/mol. The van der Waals surface area contributed by atoms with E-state index in [0.717, 1.165) is 44.7 Å². The molecule has 0 fully saturated rings. The molecule has 3 heteroatoms. The van der Waals surface area contributed by atoms with E-state index < -0.39 is 0 Å².